The Bertz CT molecular complexity index is 350. The molecule has 1 rings (SSSR count). The van der Waals surface area contributed by atoms with Crippen LogP contribution in [0.4, 0.5) is 39.5 Å². The molecule has 0 N–H and O–H groups in total. The van der Waals surface area contributed by atoms with Crippen molar-refractivity contribution in [3.8, 4) is 0 Å². The van der Waals surface area contributed by atoms with Crippen LogP contribution in [0.1, 0.15) is 0 Å². The molecule has 0 saturated heterocycles. The molecule has 0 bridgehead atoms. The fraction of sp³-hybridized carbons (Fsp3) is 0.667. The molecule has 1 aliphatic carbocycles. The van der Waals surface area contributed by atoms with Crippen LogP contribution >= 0.6 is 11.6 Å². The van der Waals surface area contributed by atoms with Crippen LogP contribution in [0.15, 0.2) is 11.4 Å². The van der Waals surface area contributed by atoms with Crippen LogP contribution in [0.2, 0.25) is 0 Å². The van der Waals surface area contributed by atoms with Gasteiger partial charge in [-0.05, 0) is 11.6 Å². The van der Waals surface area contributed by atoms with E-state index in [4.69, 9.17) is 0 Å². The van der Waals surface area contributed by atoms with Crippen molar-refractivity contribution in [3.63, 3.8) is 0 Å². The highest BCUT2D eigenvalue weighted by Gasteiger charge is 2.84. The molecule has 0 nitrogen and oxygen atoms in total. The van der Waals surface area contributed by atoms with Crippen LogP contribution < -0.4 is 0 Å². The lowest BCUT2D eigenvalue weighted by Crippen LogP contribution is -2.50. The van der Waals surface area contributed by atoms with Gasteiger partial charge in [0, 0.05) is 0 Å². The summed E-state index contributed by atoms with van der Waals surface area (Å²) in [4.78, 5) is 0. The average Bonchev–Trinajstić information content (AvgIpc) is 2.06. The van der Waals surface area contributed by atoms with Gasteiger partial charge in [-0.1, -0.05) is 0 Å². The smallest absolute Gasteiger partial charge is 0.204 e. The Hall–Kier alpha value is -0.600. The molecular formula is C6ClF9. The second kappa shape index (κ2) is 2.99. The number of hydrogen-bond donors (Lipinski definition) is 0. The highest BCUT2D eigenvalue weighted by Crippen LogP contribution is 2.63. The lowest BCUT2D eigenvalue weighted by atomic mass is 10.1. The standard InChI is InChI=1S/C6ClF9/c7-5(13,14)1-2(8)4(11,12)6(15,16)3(1,9)10. The summed E-state index contributed by atoms with van der Waals surface area (Å²) in [7, 11) is 0. The largest absolute Gasteiger partial charge is 0.383 e. The Kier molecular flexibility index (Phi) is 2.52. The summed E-state index contributed by atoms with van der Waals surface area (Å²) < 4.78 is 111. The highest BCUT2D eigenvalue weighted by atomic mass is 35.5. The Labute approximate surface area is 86.7 Å². The van der Waals surface area contributed by atoms with Crippen molar-refractivity contribution in [3.05, 3.63) is 11.4 Å². The maximum absolute atomic E-state index is 12.5. The van der Waals surface area contributed by atoms with Crippen molar-refractivity contribution in [1.29, 1.82) is 0 Å². The van der Waals surface area contributed by atoms with Crippen molar-refractivity contribution in [2.45, 2.75) is 23.1 Å². The Morgan fingerprint density at radius 3 is 1.38 bits per heavy atom. The molecule has 0 saturated carbocycles. The van der Waals surface area contributed by atoms with Gasteiger partial charge in [-0.25, -0.2) is 4.39 Å². The molecule has 0 aromatic heterocycles. The lowest BCUT2D eigenvalue weighted by molar-refractivity contribution is -0.270. The quantitative estimate of drug-likeness (QED) is 0.503. The zero-order valence-corrected chi connectivity index (χ0v) is 7.54. The minimum absolute atomic E-state index is 3.41. The first-order valence-corrected chi connectivity index (χ1v) is 3.77. The second-order valence-electron chi connectivity index (χ2n) is 2.91. The van der Waals surface area contributed by atoms with Gasteiger partial charge in [0.25, 0.3) is 0 Å². The molecule has 0 aliphatic heterocycles. The monoisotopic (exact) mass is 278 g/mol. The van der Waals surface area contributed by atoms with Crippen molar-refractivity contribution < 1.29 is 39.5 Å². The molecule has 0 fully saturated rings. The number of allylic oxidation sites excluding steroid dienone is 2. The van der Waals surface area contributed by atoms with E-state index in [-0.39, 0.29) is 0 Å². The van der Waals surface area contributed by atoms with E-state index < -0.39 is 34.5 Å². The van der Waals surface area contributed by atoms with Crippen LogP contribution in [0.25, 0.3) is 0 Å². The minimum Gasteiger partial charge on any atom is -0.204 e. The van der Waals surface area contributed by atoms with Crippen LogP contribution in [-0.4, -0.2) is 23.1 Å². The summed E-state index contributed by atoms with van der Waals surface area (Å²) >= 11 is 3.90. The van der Waals surface area contributed by atoms with Gasteiger partial charge in [0.15, 0.2) is 5.83 Å². The lowest BCUT2D eigenvalue weighted by Gasteiger charge is -2.25. The molecule has 0 aromatic rings. The van der Waals surface area contributed by atoms with Gasteiger partial charge in [-0.15, -0.1) is 0 Å². The van der Waals surface area contributed by atoms with Gasteiger partial charge in [0.2, 0.25) is 0 Å². The van der Waals surface area contributed by atoms with Crippen LogP contribution in [0, 0.1) is 0 Å². The first-order valence-electron chi connectivity index (χ1n) is 3.39. The van der Waals surface area contributed by atoms with Gasteiger partial charge in [-0.3, -0.25) is 0 Å². The maximum Gasteiger partial charge on any atom is 0.383 e. The van der Waals surface area contributed by atoms with Gasteiger partial charge >= 0.3 is 23.1 Å². The number of rotatable bonds is 1. The summed E-state index contributed by atoms with van der Waals surface area (Å²) in [6.07, 6.45) is 0. The molecule has 0 amide bonds. The van der Waals surface area contributed by atoms with E-state index in [0.29, 0.717) is 0 Å². The summed E-state index contributed by atoms with van der Waals surface area (Å²) in [6.45, 7) is 0. The van der Waals surface area contributed by atoms with Gasteiger partial charge in [-0.2, -0.15) is 35.1 Å². The molecule has 0 aromatic carbocycles. The van der Waals surface area contributed by atoms with Gasteiger partial charge < -0.3 is 0 Å². The zero-order valence-electron chi connectivity index (χ0n) is 6.78. The van der Waals surface area contributed by atoms with Gasteiger partial charge in [0.1, 0.15) is 5.57 Å². The maximum atomic E-state index is 12.5. The fourth-order valence-electron chi connectivity index (χ4n) is 1.09. The normalized spacial score (nSPS) is 27.4. The summed E-state index contributed by atoms with van der Waals surface area (Å²) in [6, 6.07) is 0. The van der Waals surface area contributed by atoms with E-state index in [1.165, 1.54) is 0 Å². The predicted molar refractivity (Wildman–Crippen MR) is 33.8 cm³/mol. The molecular weight excluding hydrogens is 279 g/mol. The third kappa shape index (κ3) is 1.33. The fourth-order valence-corrected chi connectivity index (χ4v) is 1.29. The zero-order chi connectivity index (χ0) is 13.2. The van der Waals surface area contributed by atoms with Crippen LogP contribution in [-0.2, 0) is 0 Å². The van der Waals surface area contributed by atoms with E-state index in [0.717, 1.165) is 0 Å². The molecule has 16 heavy (non-hydrogen) atoms. The Balaban J connectivity index is 3.55. The van der Waals surface area contributed by atoms with Crippen molar-refractivity contribution in [2.24, 2.45) is 0 Å². The van der Waals surface area contributed by atoms with Crippen molar-refractivity contribution >= 4 is 11.6 Å². The number of alkyl halides is 9. The van der Waals surface area contributed by atoms with E-state index in [1.54, 1.807) is 0 Å². The minimum atomic E-state index is -6.29. The summed E-state index contributed by atoms with van der Waals surface area (Å²) in [5.41, 5.74) is -3.41. The van der Waals surface area contributed by atoms with Gasteiger partial charge in [0.05, 0.1) is 0 Å². The molecule has 0 atom stereocenters. The first kappa shape index (κ1) is 13.5. The topological polar surface area (TPSA) is 0 Å². The van der Waals surface area contributed by atoms with E-state index in [2.05, 4.69) is 11.6 Å². The van der Waals surface area contributed by atoms with E-state index in [9.17, 15) is 39.5 Å². The Morgan fingerprint density at radius 1 is 0.875 bits per heavy atom. The third-order valence-electron chi connectivity index (χ3n) is 1.88. The van der Waals surface area contributed by atoms with Crippen molar-refractivity contribution in [1.82, 2.24) is 0 Å². The molecule has 10 heteroatoms. The molecule has 1 aliphatic rings. The molecule has 0 unspecified atom stereocenters. The average molecular weight is 279 g/mol. The molecule has 94 valence electrons. The molecule has 0 heterocycles. The second-order valence-corrected chi connectivity index (χ2v) is 3.38. The Morgan fingerprint density at radius 2 is 1.25 bits per heavy atom. The molecule has 0 spiro atoms. The number of hydrogen-bond acceptors (Lipinski definition) is 0. The first-order chi connectivity index (χ1) is 6.78. The highest BCUT2D eigenvalue weighted by molar-refractivity contribution is 6.23. The SMILES string of the molecule is FC1=C(C(F)(F)Cl)C(F)(F)C(F)(F)C1(F)F. The summed E-state index contributed by atoms with van der Waals surface area (Å²) in [5.74, 6) is -22.0. The van der Waals surface area contributed by atoms with Crippen LogP contribution in [0.3, 0.4) is 0 Å². The van der Waals surface area contributed by atoms with Crippen LogP contribution in [0.5, 0.6) is 0 Å². The number of halogens is 10. The van der Waals surface area contributed by atoms with E-state index >= 15 is 0 Å². The molecule has 0 radical (unpaired) electrons. The summed E-state index contributed by atoms with van der Waals surface area (Å²) in [5, 5.41) is -5.34. The third-order valence-corrected chi connectivity index (χ3v) is 2.07. The van der Waals surface area contributed by atoms with E-state index in [1.807, 2.05) is 0 Å². The van der Waals surface area contributed by atoms with Crippen molar-refractivity contribution in [2.75, 3.05) is 0 Å². The predicted octanol–water partition coefficient (Wildman–Crippen LogP) is 3.96.